The van der Waals surface area contributed by atoms with Crippen LogP contribution < -0.4 is 10.2 Å². The zero-order valence-corrected chi connectivity index (χ0v) is 13.9. The third-order valence-corrected chi connectivity index (χ3v) is 4.67. The van der Waals surface area contributed by atoms with Gasteiger partial charge in [0.2, 0.25) is 0 Å². The molecule has 1 unspecified atom stereocenters. The molecule has 1 aromatic rings. The molecule has 1 atom stereocenters. The van der Waals surface area contributed by atoms with Gasteiger partial charge < -0.3 is 15.3 Å². The van der Waals surface area contributed by atoms with Crippen LogP contribution in [-0.4, -0.2) is 30.8 Å². The van der Waals surface area contributed by atoms with Crippen molar-refractivity contribution in [3.8, 4) is 0 Å². The monoisotopic (exact) mass is 310 g/mol. The van der Waals surface area contributed by atoms with Crippen LogP contribution in [0.1, 0.15) is 51.1 Å². The fourth-order valence-corrected chi connectivity index (χ4v) is 3.19. The molecule has 0 aliphatic heterocycles. The molecule has 1 fully saturated rings. The van der Waals surface area contributed by atoms with Crippen molar-refractivity contribution in [3.63, 3.8) is 0 Å². The van der Waals surface area contributed by atoms with E-state index >= 15 is 0 Å². The van der Waals surface area contributed by atoms with Crippen molar-refractivity contribution in [2.75, 3.05) is 24.6 Å². The normalized spacial score (nSPS) is 16.6. The van der Waals surface area contributed by atoms with Crippen LogP contribution in [0.4, 0.5) is 5.69 Å². The summed E-state index contributed by atoms with van der Waals surface area (Å²) >= 11 is 6.54. The van der Waals surface area contributed by atoms with E-state index in [4.69, 9.17) is 16.7 Å². The summed E-state index contributed by atoms with van der Waals surface area (Å²) in [5, 5.41) is 13.3. The number of anilines is 1. The van der Waals surface area contributed by atoms with Gasteiger partial charge >= 0.3 is 0 Å². The zero-order valence-electron chi connectivity index (χ0n) is 13.1. The summed E-state index contributed by atoms with van der Waals surface area (Å²) in [6.07, 6.45) is 4.56. The lowest BCUT2D eigenvalue weighted by Gasteiger charge is -2.40. The highest BCUT2D eigenvalue weighted by atomic mass is 35.5. The number of hydrogen-bond donors (Lipinski definition) is 2. The largest absolute Gasteiger partial charge is 0.396 e. The zero-order chi connectivity index (χ0) is 15.2. The third-order valence-electron chi connectivity index (χ3n) is 4.36. The lowest BCUT2D eigenvalue weighted by atomic mass is 9.90. The van der Waals surface area contributed by atoms with Gasteiger partial charge in [0.1, 0.15) is 0 Å². The minimum Gasteiger partial charge on any atom is -0.396 e. The Morgan fingerprint density at radius 1 is 1.43 bits per heavy atom. The van der Waals surface area contributed by atoms with E-state index in [0.717, 1.165) is 30.2 Å². The molecule has 0 bridgehead atoms. The molecule has 0 heterocycles. The van der Waals surface area contributed by atoms with Crippen LogP contribution in [0.15, 0.2) is 18.2 Å². The Morgan fingerprint density at radius 2 is 2.19 bits per heavy atom. The Hall–Kier alpha value is -0.770. The van der Waals surface area contributed by atoms with Gasteiger partial charge in [0, 0.05) is 25.2 Å². The van der Waals surface area contributed by atoms with Crippen molar-refractivity contribution >= 4 is 17.3 Å². The van der Waals surface area contributed by atoms with Gasteiger partial charge in [-0.1, -0.05) is 24.6 Å². The lowest BCUT2D eigenvalue weighted by Crippen LogP contribution is -2.41. The van der Waals surface area contributed by atoms with Crippen molar-refractivity contribution in [2.24, 2.45) is 0 Å². The number of halogens is 1. The molecule has 21 heavy (non-hydrogen) atoms. The average molecular weight is 311 g/mol. The molecule has 0 radical (unpaired) electrons. The van der Waals surface area contributed by atoms with Crippen molar-refractivity contribution in [2.45, 2.75) is 51.6 Å². The predicted octanol–water partition coefficient (Wildman–Crippen LogP) is 3.75. The summed E-state index contributed by atoms with van der Waals surface area (Å²) in [6.45, 7) is 6.33. The van der Waals surface area contributed by atoms with Gasteiger partial charge in [0.15, 0.2) is 0 Å². The molecule has 3 nitrogen and oxygen atoms in total. The van der Waals surface area contributed by atoms with E-state index in [-0.39, 0.29) is 6.61 Å². The molecule has 0 aromatic heterocycles. The smallest absolute Gasteiger partial charge is 0.0642 e. The first-order valence-electron chi connectivity index (χ1n) is 8.07. The van der Waals surface area contributed by atoms with Crippen molar-refractivity contribution in [1.29, 1.82) is 0 Å². The van der Waals surface area contributed by atoms with E-state index in [0.29, 0.717) is 12.1 Å². The van der Waals surface area contributed by atoms with Crippen LogP contribution in [-0.2, 0) is 0 Å². The van der Waals surface area contributed by atoms with Gasteiger partial charge in [-0.15, -0.1) is 0 Å². The van der Waals surface area contributed by atoms with Crippen molar-refractivity contribution in [1.82, 2.24) is 5.32 Å². The second-order valence-corrected chi connectivity index (χ2v) is 6.25. The Bertz CT molecular complexity index is 448. The molecular weight excluding hydrogens is 284 g/mol. The van der Waals surface area contributed by atoms with Gasteiger partial charge in [-0.3, -0.25) is 0 Å². The molecule has 1 aromatic carbocycles. The second kappa shape index (κ2) is 8.02. The van der Waals surface area contributed by atoms with Gasteiger partial charge in [0.25, 0.3) is 0 Å². The van der Waals surface area contributed by atoms with Gasteiger partial charge in [0.05, 0.1) is 10.7 Å². The van der Waals surface area contributed by atoms with E-state index < -0.39 is 0 Å². The first-order valence-corrected chi connectivity index (χ1v) is 8.45. The summed E-state index contributed by atoms with van der Waals surface area (Å²) < 4.78 is 0. The van der Waals surface area contributed by atoms with Gasteiger partial charge in [-0.2, -0.15) is 0 Å². The number of nitrogens with zero attached hydrogens (tertiary/aromatic N) is 1. The van der Waals surface area contributed by atoms with Crippen LogP contribution in [0.25, 0.3) is 0 Å². The number of aliphatic hydroxyl groups is 1. The third kappa shape index (κ3) is 4.12. The molecule has 1 aliphatic rings. The maximum atomic E-state index is 9.11. The molecular formula is C17H27ClN2O. The fraction of sp³-hybridized carbons (Fsp3) is 0.647. The number of rotatable bonds is 8. The molecule has 2 rings (SSSR count). The summed E-state index contributed by atoms with van der Waals surface area (Å²) in [7, 11) is 0. The Labute approximate surface area is 133 Å². The van der Waals surface area contributed by atoms with Crippen LogP contribution in [0.2, 0.25) is 5.02 Å². The Kier molecular flexibility index (Phi) is 6.34. The minimum atomic E-state index is 0.233. The summed E-state index contributed by atoms with van der Waals surface area (Å²) in [4.78, 5) is 2.38. The highest BCUT2D eigenvalue weighted by Crippen LogP contribution is 2.35. The molecule has 4 heteroatoms. The highest BCUT2D eigenvalue weighted by molar-refractivity contribution is 6.33. The lowest BCUT2D eigenvalue weighted by molar-refractivity contribution is 0.283. The van der Waals surface area contributed by atoms with Gasteiger partial charge in [-0.05, 0) is 56.8 Å². The van der Waals surface area contributed by atoms with Gasteiger partial charge in [-0.25, -0.2) is 0 Å². The summed E-state index contributed by atoms with van der Waals surface area (Å²) in [6, 6.07) is 7.29. The molecule has 0 saturated heterocycles. The number of benzene rings is 1. The second-order valence-electron chi connectivity index (χ2n) is 5.85. The molecule has 2 N–H and O–H groups in total. The topological polar surface area (TPSA) is 35.5 Å². The maximum absolute atomic E-state index is 9.11. The first kappa shape index (κ1) is 16.6. The quantitative estimate of drug-likeness (QED) is 0.767. The van der Waals surface area contributed by atoms with Crippen molar-refractivity contribution < 1.29 is 5.11 Å². The summed E-state index contributed by atoms with van der Waals surface area (Å²) in [5.74, 6) is 0. The molecule has 0 spiro atoms. The van der Waals surface area contributed by atoms with E-state index in [1.165, 1.54) is 24.8 Å². The van der Waals surface area contributed by atoms with E-state index in [9.17, 15) is 0 Å². The number of aliphatic hydroxyl groups excluding tert-OH is 1. The Balaban J connectivity index is 2.16. The van der Waals surface area contributed by atoms with E-state index in [2.05, 4.69) is 42.3 Å². The average Bonchev–Trinajstić information content (AvgIpc) is 2.41. The van der Waals surface area contributed by atoms with E-state index in [1.54, 1.807) is 0 Å². The fourth-order valence-electron chi connectivity index (χ4n) is 2.89. The summed E-state index contributed by atoms with van der Waals surface area (Å²) in [5.41, 5.74) is 2.34. The molecule has 1 saturated carbocycles. The predicted molar refractivity (Wildman–Crippen MR) is 90.2 cm³/mol. The van der Waals surface area contributed by atoms with Crippen LogP contribution in [0.3, 0.4) is 0 Å². The van der Waals surface area contributed by atoms with Crippen LogP contribution >= 0.6 is 11.6 Å². The maximum Gasteiger partial charge on any atom is 0.0642 e. The SMILES string of the molecule is CCNC(C)c1ccc(N(CCCO)C2CCC2)c(Cl)c1. The van der Waals surface area contributed by atoms with Crippen LogP contribution in [0.5, 0.6) is 0 Å². The minimum absolute atomic E-state index is 0.233. The number of nitrogens with one attached hydrogen (secondary N) is 1. The first-order chi connectivity index (χ1) is 10.2. The molecule has 118 valence electrons. The number of hydrogen-bond acceptors (Lipinski definition) is 3. The molecule has 0 amide bonds. The van der Waals surface area contributed by atoms with E-state index in [1.807, 2.05) is 0 Å². The van der Waals surface area contributed by atoms with Crippen LogP contribution in [0, 0.1) is 0 Å². The Morgan fingerprint density at radius 3 is 2.71 bits per heavy atom. The molecule has 1 aliphatic carbocycles. The van der Waals surface area contributed by atoms with Crippen molar-refractivity contribution in [3.05, 3.63) is 28.8 Å². The highest BCUT2D eigenvalue weighted by Gasteiger charge is 2.26. The standard InChI is InChI=1S/C17H27ClN2O/c1-3-19-13(2)14-8-9-17(16(18)12-14)20(10-5-11-21)15-6-4-7-15/h8-9,12-13,15,19,21H,3-7,10-11H2,1-2H3.